The summed E-state index contributed by atoms with van der Waals surface area (Å²) in [4.78, 5) is 0. The van der Waals surface area contributed by atoms with Gasteiger partial charge in [-0.2, -0.15) is 5.10 Å². The standard InChI is InChI=1S/C14H16FN3O/c1-16-12-6-13(9-7-17-18(2)8-9)19-14-5-10(15)3-4-11(12)14/h3-5,7-8,12-13,16H,6H2,1-2H3. The normalized spacial score (nSPS) is 21.8. The Kier molecular flexibility index (Phi) is 2.98. The van der Waals surface area contributed by atoms with E-state index in [1.807, 2.05) is 20.3 Å². The average Bonchev–Trinajstić information content (AvgIpc) is 2.83. The van der Waals surface area contributed by atoms with Crippen LogP contribution in [0.2, 0.25) is 0 Å². The van der Waals surface area contributed by atoms with Crippen LogP contribution < -0.4 is 10.1 Å². The molecule has 100 valence electrons. The maximum Gasteiger partial charge on any atom is 0.129 e. The van der Waals surface area contributed by atoms with Crippen LogP contribution in [-0.4, -0.2) is 16.8 Å². The van der Waals surface area contributed by atoms with Gasteiger partial charge in [0.25, 0.3) is 0 Å². The Morgan fingerprint density at radius 2 is 2.32 bits per heavy atom. The molecule has 0 saturated heterocycles. The van der Waals surface area contributed by atoms with Crippen molar-refractivity contribution in [2.45, 2.75) is 18.6 Å². The lowest BCUT2D eigenvalue weighted by atomic mass is 9.94. The molecule has 3 rings (SSSR count). The molecule has 2 aromatic rings. The van der Waals surface area contributed by atoms with Gasteiger partial charge in [-0.1, -0.05) is 6.07 Å². The second-order valence-electron chi connectivity index (χ2n) is 4.81. The minimum atomic E-state index is -0.277. The molecule has 1 aliphatic rings. The number of hydrogen-bond donors (Lipinski definition) is 1. The molecule has 5 heteroatoms. The van der Waals surface area contributed by atoms with E-state index in [0.29, 0.717) is 5.75 Å². The van der Waals surface area contributed by atoms with Gasteiger partial charge < -0.3 is 10.1 Å². The van der Waals surface area contributed by atoms with Crippen LogP contribution in [0.1, 0.15) is 29.7 Å². The van der Waals surface area contributed by atoms with E-state index in [0.717, 1.165) is 17.5 Å². The van der Waals surface area contributed by atoms with Gasteiger partial charge in [0, 0.05) is 42.9 Å². The third-order valence-corrected chi connectivity index (χ3v) is 3.52. The Morgan fingerprint density at radius 3 is 3.00 bits per heavy atom. The van der Waals surface area contributed by atoms with Gasteiger partial charge in [0.15, 0.2) is 0 Å². The number of nitrogens with one attached hydrogen (secondary N) is 1. The lowest BCUT2D eigenvalue weighted by molar-refractivity contribution is 0.153. The van der Waals surface area contributed by atoms with Crippen molar-refractivity contribution in [3.8, 4) is 5.75 Å². The van der Waals surface area contributed by atoms with Gasteiger partial charge in [-0.05, 0) is 13.1 Å². The first kappa shape index (κ1) is 12.2. The van der Waals surface area contributed by atoms with E-state index in [-0.39, 0.29) is 18.0 Å². The Hall–Kier alpha value is -1.88. The van der Waals surface area contributed by atoms with E-state index in [9.17, 15) is 4.39 Å². The molecule has 2 atom stereocenters. The predicted octanol–water partition coefficient (Wildman–Crippen LogP) is 2.34. The van der Waals surface area contributed by atoms with Crippen LogP contribution in [0.5, 0.6) is 5.75 Å². The zero-order valence-corrected chi connectivity index (χ0v) is 10.9. The molecule has 19 heavy (non-hydrogen) atoms. The van der Waals surface area contributed by atoms with Crippen molar-refractivity contribution in [1.82, 2.24) is 15.1 Å². The number of halogens is 1. The summed E-state index contributed by atoms with van der Waals surface area (Å²) in [6.07, 6.45) is 4.44. The molecule has 0 amide bonds. The van der Waals surface area contributed by atoms with Crippen LogP contribution in [0.15, 0.2) is 30.6 Å². The summed E-state index contributed by atoms with van der Waals surface area (Å²) in [6.45, 7) is 0. The Balaban J connectivity index is 1.96. The quantitative estimate of drug-likeness (QED) is 0.902. The number of ether oxygens (including phenoxy) is 1. The largest absolute Gasteiger partial charge is 0.485 e. The zero-order chi connectivity index (χ0) is 13.4. The van der Waals surface area contributed by atoms with Crippen LogP contribution in [0.25, 0.3) is 0 Å². The molecule has 0 aliphatic carbocycles. The third-order valence-electron chi connectivity index (χ3n) is 3.52. The SMILES string of the molecule is CNC1CC(c2cnn(C)c2)Oc2cc(F)ccc21. The monoisotopic (exact) mass is 261 g/mol. The average molecular weight is 261 g/mol. The van der Waals surface area contributed by atoms with E-state index < -0.39 is 0 Å². The fourth-order valence-electron chi connectivity index (χ4n) is 2.52. The van der Waals surface area contributed by atoms with Gasteiger partial charge in [0.1, 0.15) is 17.7 Å². The van der Waals surface area contributed by atoms with Crippen molar-refractivity contribution >= 4 is 0 Å². The summed E-state index contributed by atoms with van der Waals surface area (Å²) >= 11 is 0. The molecule has 1 aliphatic heterocycles. The molecule has 1 aromatic heterocycles. The first-order chi connectivity index (χ1) is 9.17. The van der Waals surface area contributed by atoms with E-state index in [2.05, 4.69) is 10.4 Å². The highest BCUT2D eigenvalue weighted by Crippen LogP contribution is 2.40. The number of aromatic nitrogens is 2. The first-order valence-corrected chi connectivity index (χ1v) is 6.29. The third kappa shape index (κ3) is 2.21. The summed E-state index contributed by atoms with van der Waals surface area (Å²) in [5.41, 5.74) is 2.02. The molecule has 0 saturated carbocycles. The van der Waals surface area contributed by atoms with Crippen molar-refractivity contribution in [2.24, 2.45) is 7.05 Å². The van der Waals surface area contributed by atoms with Crippen LogP contribution in [0.3, 0.4) is 0 Å². The number of fused-ring (bicyclic) bond motifs is 1. The maximum atomic E-state index is 13.3. The van der Waals surface area contributed by atoms with Crippen LogP contribution in [-0.2, 0) is 7.05 Å². The van der Waals surface area contributed by atoms with Crippen molar-refractivity contribution in [2.75, 3.05) is 7.05 Å². The lowest BCUT2D eigenvalue weighted by Crippen LogP contribution is -2.26. The van der Waals surface area contributed by atoms with Crippen LogP contribution in [0.4, 0.5) is 4.39 Å². The van der Waals surface area contributed by atoms with E-state index >= 15 is 0 Å². The van der Waals surface area contributed by atoms with E-state index in [1.165, 1.54) is 12.1 Å². The number of nitrogens with zero attached hydrogens (tertiary/aromatic N) is 2. The maximum absolute atomic E-state index is 13.3. The van der Waals surface area contributed by atoms with Crippen LogP contribution in [0, 0.1) is 5.82 Å². The van der Waals surface area contributed by atoms with Gasteiger partial charge >= 0.3 is 0 Å². The molecule has 2 heterocycles. The molecular weight excluding hydrogens is 245 g/mol. The molecular formula is C14H16FN3O. The van der Waals surface area contributed by atoms with Crippen molar-refractivity contribution < 1.29 is 9.13 Å². The van der Waals surface area contributed by atoms with Gasteiger partial charge in [0.2, 0.25) is 0 Å². The molecule has 1 aromatic carbocycles. The fraction of sp³-hybridized carbons (Fsp3) is 0.357. The topological polar surface area (TPSA) is 39.1 Å². The van der Waals surface area contributed by atoms with E-state index in [4.69, 9.17) is 4.74 Å². The van der Waals surface area contributed by atoms with Gasteiger partial charge in [-0.25, -0.2) is 4.39 Å². The molecule has 2 unspecified atom stereocenters. The summed E-state index contributed by atoms with van der Waals surface area (Å²) in [6, 6.07) is 4.86. The molecule has 0 bridgehead atoms. The predicted molar refractivity (Wildman–Crippen MR) is 69.4 cm³/mol. The molecule has 1 N–H and O–H groups in total. The minimum Gasteiger partial charge on any atom is -0.485 e. The van der Waals surface area contributed by atoms with Crippen LogP contribution >= 0.6 is 0 Å². The zero-order valence-electron chi connectivity index (χ0n) is 10.9. The summed E-state index contributed by atoms with van der Waals surface area (Å²) in [7, 11) is 3.78. The second kappa shape index (κ2) is 4.66. The fourth-order valence-corrected chi connectivity index (χ4v) is 2.52. The molecule has 0 radical (unpaired) electrons. The van der Waals surface area contributed by atoms with Crippen molar-refractivity contribution in [1.29, 1.82) is 0 Å². The molecule has 0 spiro atoms. The highest BCUT2D eigenvalue weighted by Gasteiger charge is 2.29. The Morgan fingerprint density at radius 1 is 1.47 bits per heavy atom. The van der Waals surface area contributed by atoms with Crippen molar-refractivity contribution in [3.63, 3.8) is 0 Å². The minimum absolute atomic E-state index is 0.0968. The number of hydrogen-bond acceptors (Lipinski definition) is 3. The first-order valence-electron chi connectivity index (χ1n) is 6.29. The van der Waals surface area contributed by atoms with E-state index in [1.54, 1.807) is 16.9 Å². The summed E-state index contributed by atoms with van der Waals surface area (Å²) < 4.78 is 21.0. The lowest BCUT2D eigenvalue weighted by Gasteiger charge is -2.31. The molecule has 4 nitrogen and oxygen atoms in total. The van der Waals surface area contributed by atoms with Crippen molar-refractivity contribution in [3.05, 3.63) is 47.5 Å². The number of benzene rings is 1. The summed E-state index contributed by atoms with van der Waals surface area (Å²) in [5, 5.41) is 7.41. The van der Waals surface area contributed by atoms with Gasteiger partial charge in [0.05, 0.1) is 6.20 Å². The number of aryl methyl sites for hydroxylation is 1. The highest BCUT2D eigenvalue weighted by molar-refractivity contribution is 5.39. The smallest absolute Gasteiger partial charge is 0.129 e. The highest BCUT2D eigenvalue weighted by atomic mass is 19.1. The Labute approximate surface area is 111 Å². The van der Waals surface area contributed by atoms with Gasteiger partial charge in [-0.15, -0.1) is 0 Å². The number of rotatable bonds is 2. The second-order valence-corrected chi connectivity index (χ2v) is 4.81. The summed E-state index contributed by atoms with van der Waals surface area (Å²) in [5.74, 6) is 0.333. The van der Waals surface area contributed by atoms with Gasteiger partial charge in [-0.3, -0.25) is 4.68 Å². The molecule has 0 fully saturated rings. The Bertz CT molecular complexity index is 596.